The van der Waals surface area contributed by atoms with Gasteiger partial charge < -0.3 is 19.5 Å². The third-order valence-corrected chi connectivity index (χ3v) is 5.78. The molecular weight excluding hydrogens is 354 g/mol. The molecule has 2 aliphatic rings. The van der Waals surface area contributed by atoms with Crippen LogP contribution in [0.1, 0.15) is 49.1 Å². The topological polar surface area (TPSA) is 59.0 Å². The van der Waals surface area contributed by atoms with Gasteiger partial charge in [-0.3, -0.25) is 4.79 Å². The van der Waals surface area contributed by atoms with Crippen molar-refractivity contribution in [2.75, 3.05) is 18.6 Å². The predicted molar refractivity (Wildman–Crippen MR) is 108 cm³/mol. The molecule has 1 amide bonds. The van der Waals surface area contributed by atoms with Crippen LogP contribution in [-0.4, -0.2) is 30.8 Å². The zero-order chi connectivity index (χ0) is 19.5. The van der Waals surface area contributed by atoms with Crippen LogP contribution in [0, 0.1) is 0 Å². The lowest BCUT2D eigenvalue weighted by atomic mass is 9.98. The summed E-state index contributed by atoms with van der Waals surface area (Å²) in [5.74, 6) is 1.74. The van der Waals surface area contributed by atoms with E-state index in [1.54, 1.807) is 7.11 Å². The molecule has 0 spiro atoms. The van der Waals surface area contributed by atoms with E-state index < -0.39 is 0 Å². The zero-order valence-electron chi connectivity index (χ0n) is 16.3. The molecule has 148 valence electrons. The second-order valence-corrected chi connectivity index (χ2v) is 7.67. The SMILES string of the molecule is COc1ccc([C@H]2CC(=O)N(c3cccc(CO)c3)C2)cc1OC1CCCC1. The highest BCUT2D eigenvalue weighted by Crippen LogP contribution is 2.38. The molecule has 5 nitrogen and oxygen atoms in total. The monoisotopic (exact) mass is 381 g/mol. The first kappa shape index (κ1) is 18.8. The van der Waals surface area contributed by atoms with Gasteiger partial charge in [-0.1, -0.05) is 18.2 Å². The maximum absolute atomic E-state index is 12.7. The number of hydrogen-bond donors (Lipinski definition) is 1. The first-order chi connectivity index (χ1) is 13.7. The summed E-state index contributed by atoms with van der Waals surface area (Å²) in [5.41, 5.74) is 2.75. The van der Waals surface area contributed by atoms with Gasteiger partial charge in [0.25, 0.3) is 0 Å². The molecule has 1 saturated heterocycles. The Balaban J connectivity index is 1.54. The van der Waals surface area contributed by atoms with Gasteiger partial charge in [0, 0.05) is 24.6 Å². The van der Waals surface area contributed by atoms with Gasteiger partial charge in [0.1, 0.15) is 0 Å². The minimum atomic E-state index is -0.0281. The molecule has 2 aromatic carbocycles. The number of rotatable bonds is 6. The number of aliphatic hydroxyl groups is 1. The van der Waals surface area contributed by atoms with E-state index in [1.165, 1.54) is 12.8 Å². The smallest absolute Gasteiger partial charge is 0.227 e. The van der Waals surface area contributed by atoms with E-state index in [1.807, 2.05) is 47.4 Å². The van der Waals surface area contributed by atoms with Crippen molar-refractivity contribution in [1.82, 2.24) is 0 Å². The molecule has 0 unspecified atom stereocenters. The van der Waals surface area contributed by atoms with Gasteiger partial charge in [-0.25, -0.2) is 0 Å². The van der Waals surface area contributed by atoms with E-state index >= 15 is 0 Å². The van der Waals surface area contributed by atoms with Gasteiger partial charge in [0.2, 0.25) is 5.91 Å². The molecule has 5 heteroatoms. The Morgan fingerprint density at radius 2 is 1.93 bits per heavy atom. The third kappa shape index (κ3) is 3.85. The van der Waals surface area contributed by atoms with Crippen LogP contribution in [0.4, 0.5) is 5.69 Å². The normalized spacial score (nSPS) is 20.0. The molecule has 1 saturated carbocycles. The van der Waals surface area contributed by atoms with Crippen molar-refractivity contribution < 1.29 is 19.4 Å². The van der Waals surface area contributed by atoms with Crippen molar-refractivity contribution >= 4 is 11.6 Å². The molecule has 0 bridgehead atoms. The Hall–Kier alpha value is -2.53. The van der Waals surface area contributed by atoms with Gasteiger partial charge in [-0.05, 0) is 61.1 Å². The Kier molecular flexibility index (Phi) is 5.53. The van der Waals surface area contributed by atoms with Crippen LogP contribution in [-0.2, 0) is 11.4 Å². The minimum Gasteiger partial charge on any atom is -0.493 e. The summed E-state index contributed by atoms with van der Waals surface area (Å²) in [4.78, 5) is 14.5. The average molecular weight is 381 g/mol. The zero-order valence-corrected chi connectivity index (χ0v) is 16.3. The Labute approximate surface area is 165 Å². The fourth-order valence-electron chi connectivity index (χ4n) is 4.23. The summed E-state index contributed by atoms with van der Waals surface area (Å²) < 4.78 is 11.7. The van der Waals surface area contributed by atoms with E-state index in [9.17, 15) is 9.90 Å². The van der Waals surface area contributed by atoms with E-state index in [2.05, 4.69) is 0 Å². The number of anilines is 1. The van der Waals surface area contributed by atoms with Crippen molar-refractivity contribution in [2.45, 2.75) is 50.7 Å². The standard InChI is InChI=1S/C23H27NO4/c1-27-21-10-9-17(12-22(21)28-20-7-2-3-8-20)18-13-23(26)24(14-18)19-6-4-5-16(11-19)15-25/h4-6,9-12,18,20,25H,2-3,7-8,13-15H2,1H3/t18-/m0/s1. The molecule has 28 heavy (non-hydrogen) atoms. The number of benzene rings is 2. The molecule has 1 heterocycles. The summed E-state index contributed by atoms with van der Waals surface area (Å²) in [5, 5.41) is 9.37. The third-order valence-electron chi connectivity index (χ3n) is 5.78. The number of hydrogen-bond acceptors (Lipinski definition) is 4. The summed E-state index contributed by atoms with van der Waals surface area (Å²) in [6.07, 6.45) is 5.33. The number of aliphatic hydroxyl groups excluding tert-OH is 1. The Bertz CT molecular complexity index is 844. The molecule has 1 aliphatic carbocycles. The molecule has 2 fully saturated rings. The van der Waals surface area contributed by atoms with Crippen LogP contribution in [0.15, 0.2) is 42.5 Å². The van der Waals surface area contributed by atoms with Gasteiger partial charge in [-0.2, -0.15) is 0 Å². The van der Waals surface area contributed by atoms with Gasteiger partial charge in [0.05, 0.1) is 19.8 Å². The maximum Gasteiger partial charge on any atom is 0.227 e. The van der Waals surface area contributed by atoms with Crippen molar-refractivity contribution in [3.8, 4) is 11.5 Å². The van der Waals surface area contributed by atoms with Gasteiger partial charge in [0.15, 0.2) is 11.5 Å². The van der Waals surface area contributed by atoms with E-state index in [0.717, 1.165) is 41.2 Å². The molecule has 1 N–H and O–H groups in total. The fourth-order valence-corrected chi connectivity index (χ4v) is 4.23. The number of carbonyl (C=O) groups is 1. The summed E-state index contributed by atoms with van der Waals surface area (Å²) in [6.45, 7) is 0.600. The number of carbonyl (C=O) groups excluding carboxylic acids is 1. The predicted octanol–water partition coefficient (Wildman–Crippen LogP) is 4.03. The number of nitrogens with zero attached hydrogens (tertiary/aromatic N) is 1. The van der Waals surface area contributed by atoms with Crippen LogP contribution in [0.2, 0.25) is 0 Å². The van der Waals surface area contributed by atoms with Crippen molar-refractivity contribution in [1.29, 1.82) is 0 Å². The van der Waals surface area contributed by atoms with E-state index in [4.69, 9.17) is 9.47 Å². The largest absolute Gasteiger partial charge is 0.493 e. The second kappa shape index (κ2) is 8.23. The number of ether oxygens (including phenoxy) is 2. The van der Waals surface area contributed by atoms with Crippen LogP contribution in [0.25, 0.3) is 0 Å². The number of amides is 1. The lowest BCUT2D eigenvalue weighted by Gasteiger charge is -2.19. The molecule has 1 atom stereocenters. The van der Waals surface area contributed by atoms with Crippen LogP contribution >= 0.6 is 0 Å². The summed E-state index contributed by atoms with van der Waals surface area (Å²) in [6, 6.07) is 13.6. The Morgan fingerprint density at radius 3 is 2.68 bits per heavy atom. The maximum atomic E-state index is 12.7. The number of methoxy groups -OCH3 is 1. The van der Waals surface area contributed by atoms with Gasteiger partial charge in [-0.15, -0.1) is 0 Å². The second-order valence-electron chi connectivity index (χ2n) is 7.67. The minimum absolute atomic E-state index is 0.0281. The lowest BCUT2D eigenvalue weighted by molar-refractivity contribution is -0.117. The van der Waals surface area contributed by atoms with Gasteiger partial charge >= 0.3 is 0 Å². The first-order valence-corrected chi connectivity index (χ1v) is 10.0. The molecule has 0 radical (unpaired) electrons. The molecule has 4 rings (SSSR count). The van der Waals surface area contributed by atoms with Crippen LogP contribution in [0.3, 0.4) is 0 Å². The van der Waals surface area contributed by atoms with E-state index in [-0.39, 0.29) is 24.5 Å². The highest BCUT2D eigenvalue weighted by atomic mass is 16.5. The lowest BCUT2D eigenvalue weighted by Crippen LogP contribution is -2.24. The summed E-state index contributed by atoms with van der Waals surface area (Å²) in [7, 11) is 1.66. The van der Waals surface area contributed by atoms with Crippen LogP contribution in [0.5, 0.6) is 11.5 Å². The van der Waals surface area contributed by atoms with Crippen molar-refractivity contribution in [3.63, 3.8) is 0 Å². The highest BCUT2D eigenvalue weighted by Gasteiger charge is 2.32. The average Bonchev–Trinajstić information content (AvgIpc) is 3.37. The molecule has 2 aromatic rings. The molecule has 1 aliphatic heterocycles. The quantitative estimate of drug-likeness (QED) is 0.821. The molecular formula is C23H27NO4. The van der Waals surface area contributed by atoms with E-state index in [0.29, 0.717) is 13.0 Å². The summed E-state index contributed by atoms with van der Waals surface area (Å²) >= 11 is 0. The fraction of sp³-hybridized carbons (Fsp3) is 0.435. The molecule has 0 aromatic heterocycles. The van der Waals surface area contributed by atoms with Crippen molar-refractivity contribution in [3.05, 3.63) is 53.6 Å². The first-order valence-electron chi connectivity index (χ1n) is 10.0. The van der Waals surface area contributed by atoms with Crippen molar-refractivity contribution in [2.24, 2.45) is 0 Å². The Morgan fingerprint density at radius 1 is 1.11 bits per heavy atom. The van der Waals surface area contributed by atoms with Crippen LogP contribution < -0.4 is 14.4 Å². The highest BCUT2D eigenvalue weighted by molar-refractivity contribution is 5.96.